The smallest absolute Gasteiger partial charge is 0.220 e. The van der Waals surface area contributed by atoms with E-state index < -0.39 is 6.67 Å². The second kappa shape index (κ2) is 4.59. The van der Waals surface area contributed by atoms with E-state index >= 15 is 0 Å². The van der Waals surface area contributed by atoms with Gasteiger partial charge in [0.1, 0.15) is 19.6 Å². The van der Waals surface area contributed by atoms with Gasteiger partial charge in [0.2, 0.25) is 5.88 Å². The average molecular weight is 238 g/mol. The quantitative estimate of drug-likeness (QED) is 0.808. The van der Waals surface area contributed by atoms with Gasteiger partial charge in [0, 0.05) is 11.5 Å². The Morgan fingerprint density at radius 3 is 2.59 bits per heavy atom. The highest BCUT2D eigenvalue weighted by molar-refractivity contribution is 5.39. The molecular weight excluding hydrogens is 219 g/mol. The molecule has 0 atom stereocenters. The molecule has 1 aromatic heterocycles. The summed E-state index contributed by atoms with van der Waals surface area (Å²) in [4.78, 5) is 8.54. The highest BCUT2D eigenvalue weighted by atomic mass is 19.1. The first kappa shape index (κ1) is 12.3. The Morgan fingerprint density at radius 1 is 1.35 bits per heavy atom. The normalized spacial score (nSPS) is 16.0. The van der Waals surface area contributed by atoms with E-state index in [0.717, 1.165) is 11.3 Å². The van der Waals surface area contributed by atoms with Gasteiger partial charge in [0.25, 0.3) is 0 Å². The van der Waals surface area contributed by atoms with E-state index in [9.17, 15) is 4.39 Å². The van der Waals surface area contributed by atoms with Crippen LogP contribution in [0.15, 0.2) is 6.33 Å². The molecule has 1 aliphatic rings. The van der Waals surface area contributed by atoms with Crippen LogP contribution in [0.3, 0.4) is 0 Å². The molecule has 0 spiro atoms. The summed E-state index contributed by atoms with van der Waals surface area (Å²) < 4.78 is 17.6. The zero-order valence-electron chi connectivity index (χ0n) is 10.7. The minimum Gasteiger partial charge on any atom is -0.475 e. The molecule has 1 saturated carbocycles. The van der Waals surface area contributed by atoms with Crippen LogP contribution in [0.25, 0.3) is 0 Å². The van der Waals surface area contributed by atoms with Gasteiger partial charge in [-0.1, -0.05) is 20.8 Å². The van der Waals surface area contributed by atoms with Crippen LogP contribution in [-0.4, -0.2) is 23.2 Å². The summed E-state index contributed by atoms with van der Waals surface area (Å²) in [5, 5.41) is 0. The molecule has 0 amide bonds. The second-order valence-electron chi connectivity index (χ2n) is 5.50. The van der Waals surface area contributed by atoms with E-state index in [-0.39, 0.29) is 12.0 Å². The molecule has 1 heterocycles. The number of halogens is 1. The summed E-state index contributed by atoms with van der Waals surface area (Å²) in [6, 6.07) is 0. The molecule has 0 aliphatic heterocycles. The van der Waals surface area contributed by atoms with Gasteiger partial charge in [-0.25, -0.2) is 14.4 Å². The molecule has 0 saturated heterocycles. The summed E-state index contributed by atoms with van der Waals surface area (Å²) >= 11 is 0. The van der Waals surface area contributed by atoms with E-state index in [1.165, 1.54) is 19.2 Å². The fourth-order valence-corrected chi connectivity index (χ4v) is 2.00. The van der Waals surface area contributed by atoms with E-state index in [1.807, 2.05) is 0 Å². The number of rotatable bonds is 4. The molecule has 0 aromatic carbocycles. The Hall–Kier alpha value is -1.19. The first-order valence-corrected chi connectivity index (χ1v) is 6.08. The fraction of sp³-hybridized carbons (Fsp3) is 0.692. The molecule has 2 rings (SSSR count). The van der Waals surface area contributed by atoms with E-state index in [1.54, 1.807) is 0 Å². The van der Waals surface area contributed by atoms with Gasteiger partial charge in [-0.05, 0) is 18.3 Å². The van der Waals surface area contributed by atoms with Gasteiger partial charge in [0.05, 0.1) is 5.69 Å². The molecule has 3 nitrogen and oxygen atoms in total. The number of nitrogens with zero attached hydrogens (tertiary/aromatic N) is 2. The lowest BCUT2D eigenvalue weighted by Crippen LogP contribution is -2.19. The third-order valence-electron chi connectivity index (χ3n) is 2.87. The number of hydrogen-bond acceptors (Lipinski definition) is 3. The Morgan fingerprint density at radius 2 is 2.06 bits per heavy atom. The highest BCUT2D eigenvalue weighted by Crippen LogP contribution is 2.45. The molecular formula is C13H19FN2O. The highest BCUT2D eigenvalue weighted by Gasteiger charge is 2.34. The average Bonchev–Trinajstić information content (AvgIpc) is 3.08. The summed E-state index contributed by atoms with van der Waals surface area (Å²) in [6.07, 6.45) is 3.89. The molecule has 4 heteroatoms. The van der Waals surface area contributed by atoms with Crippen molar-refractivity contribution in [2.45, 2.75) is 44.9 Å². The van der Waals surface area contributed by atoms with Crippen LogP contribution in [0.4, 0.5) is 4.39 Å². The van der Waals surface area contributed by atoms with Gasteiger partial charge in [-0.3, -0.25) is 0 Å². The van der Waals surface area contributed by atoms with Crippen molar-refractivity contribution in [1.82, 2.24) is 9.97 Å². The summed E-state index contributed by atoms with van der Waals surface area (Å²) in [5.41, 5.74) is 2.04. The van der Waals surface area contributed by atoms with Crippen molar-refractivity contribution < 1.29 is 9.13 Å². The van der Waals surface area contributed by atoms with Gasteiger partial charge >= 0.3 is 0 Å². The van der Waals surface area contributed by atoms with Gasteiger partial charge in [-0.15, -0.1) is 0 Å². The second-order valence-corrected chi connectivity index (χ2v) is 5.50. The SMILES string of the molecule is CC(C)(C)c1c(OCCF)ncnc1C1CC1. The monoisotopic (exact) mass is 238 g/mol. The molecule has 17 heavy (non-hydrogen) atoms. The Bertz CT molecular complexity index is 397. The largest absolute Gasteiger partial charge is 0.475 e. The van der Waals surface area contributed by atoms with Crippen molar-refractivity contribution in [2.75, 3.05) is 13.3 Å². The first-order valence-electron chi connectivity index (χ1n) is 6.08. The van der Waals surface area contributed by atoms with Crippen LogP contribution < -0.4 is 4.74 Å². The molecule has 0 N–H and O–H groups in total. The van der Waals surface area contributed by atoms with Gasteiger partial charge in [0.15, 0.2) is 0 Å². The number of ether oxygens (including phenoxy) is 1. The molecule has 0 bridgehead atoms. The first-order chi connectivity index (χ1) is 8.04. The van der Waals surface area contributed by atoms with Crippen molar-refractivity contribution in [3.8, 4) is 5.88 Å². The van der Waals surface area contributed by atoms with Crippen molar-refractivity contribution in [2.24, 2.45) is 0 Å². The van der Waals surface area contributed by atoms with Gasteiger partial charge in [-0.2, -0.15) is 0 Å². The standard InChI is InChI=1S/C13H19FN2O/c1-13(2,3)10-11(9-4-5-9)15-8-16-12(10)17-7-6-14/h8-9H,4-7H2,1-3H3. The van der Waals surface area contributed by atoms with Crippen LogP contribution in [0.5, 0.6) is 5.88 Å². The lowest BCUT2D eigenvalue weighted by atomic mass is 9.85. The third-order valence-corrected chi connectivity index (χ3v) is 2.87. The lowest BCUT2D eigenvalue weighted by Gasteiger charge is -2.24. The maximum Gasteiger partial charge on any atom is 0.220 e. The van der Waals surface area contributed by atoms with Crippen LogP contribution in [0.1, 0.15) is 50.8 Å². The third kappa shape index (κ3) is 2.73. The predicted octanol–water partition coefficient (Wildman–Crippen LogP) is 3.00. The van der Waals surface area contributed by atoms with Crippen LogP contribution in [-0.2, 0) is 5.41 Å². The Balaban J connectivity index is 2.39. The predicted molar refractivity (Wildman–Crippen MR) is 64.2 cm³/mol. The summed E-state index contributed by atoms with van der Waals surface area (Å²) in [6.45, 7) is 5.90. The molecule has 0 radical (unpaired) electrons. The summed E-state index contributed by atoms with van der Waals surface area (Å²) in [7, 11) is 0. The van der Waals surface area contributed by atoms with Crippen LogP contribution in [0.2, 0.25) is 0 Å². The topological polar surface area (TPSA) is 35.0 Å². The van der Waals surface area contributed by atoms with E-state index in [2.05, 4.69) is 30.7 Å². The van der Waals surface area contributed by atoms with Gasteiger partial charge < -0.3 is 4.74 Å². The van der Waals surface area contributed by atoms with Crippen molar-refractivity contribution >= 4 is 0 Å². The zero-order chi connectivity index (χ0) is 12.5. The Kier molecular flexibility index (Phi) is 3.31. The van der Waals surface area contributed by atoms with Crippen LogP contribution in [0, 0.1) is 0 Å². The maximum atomic E-state index is 12.2. The molecule has 94 valence electrons. The zero-order valence-corrected chi connectivity index (χ0v) is 10.7. The summed E-state index contributed by atoms with van der Waals surface area (Å²) in [5.74, 6) is 1.09. The lowest BCUT2D eigenvalue weighted by molar-refractivity contribution is 0.257. The Labute approximate surface area is 101 Å². The number of hydrogen-bond donors (Lipinski definition) is 0. The van der Waals surface area contributed by atoms with Crippen LogP contribution >= 0.6 is 0 Å². The van der Waals surface area contributed by atoms with Crippen molar-refractivity contribution in [3.63, 3.8) is 0 Å². The van der Waals surface area contributed by atoms with Crippen molar-refractivity contribution in [1.29, 1.82) is 0 Å². The minimum absolute atomic E-state index is 0.0597. The fourth-order valence-electron chi connectivity index (χ4n) is 2.00. The van der Waals surface area contributed by atoms with E-state index in [0.29, 0.717) is 11.8 Å². The molecule has 1 aliphatic carbocycles. The molecule has 1 aromatic rings. The maximum absolute atomic E-state index is 12.2. The minimum atomic E-state index is -0.494. The number of aromatic nitrogens is 2. The van der Waals surface area contributed by atoms with E-state index in [4.69, 9.17) is 4.74 Å². The van der Waals surface area contributed by atoms with Crippen molar-refractivity contribution in [3.05, 3.63) is 17.6 Å². The molecule has 0 unspecified atom stereocenters. The number of alkyl halides is 1. The molecule has 1 fully saturated rings.